The van der Waals surface area contributed by atoms with Crippen molar-refractivity contribution in [2.45, 2.75) is 13.5 Å². The average molecular weight is 169 g/mol. The Labute approximate surface area is 72.7 Å². The first kappa shape index (κ1) is 9.29. The molecule has 1 aromatic rings. The zero-order valence-corrected chi connectivity index (χ0v) is 7.38. The Hall–Kier alpha value is -0.800. The maximum absolute atomic E-state index is 5.32. The highest BCUT2D eigenvalue weighted by Gasteiger charge is 1.93. The van der Waals surface area contributed by atoms with Gasteiger partial charge in [0.25, 0.3) is 0 Å². The number of rotatable bonds is 6. The fraction of sp³-hybridized carbons (Fsp3) is 0.556. The van der Waals surface area contributed by atoms with Gasteiger partial charge in [-0.15, -0.1) is 0 Å². The van der Waals surface area contributed by atoms with E-state index in [-0.39, 0.29) is 0 Å². The van der Waals surface area contributed by atoms with Crippen LogP contribution in [0.1, 0.15) is 12.7 Å². The third-order valence-electron chi connectivity index (χ3n) is 1.50. The van der Waals surface area contributed by atoms with Crippen molar-refractivity contribution in [1.29, 1.82) is 0 Å². The molecule has 1 rings (SSSR count). The van der Waals surface area contributed by atoms with Crippen LogP contribution in [0.2, 0.25) is 0 Å². The summed E-state index contributed by atoms with van der Waals surface area (Å²) in [6.07, 6.45) is 1.66. The molecule has 12 heavy (non-hydrogen) atoms. The first-order valence-corrected chi connectivity index (χ1v) is 4.24. The van der Waals surface area contributed by atoms with E-state index in [2.05, 4.69) is 12.2 Å². The van der Waals surface area contributed by atoms with Crippen LogP contribution >= 0.6 is 0 Å². The minimum absolute atomic E-state index is 0.568. The Bertz CT molecular complexity index is 184. The van der Waals surface area contributed by atoms with E-state index >= 15 is 0 Å². The summed E-state index contributed by atoms with van der Waals surface area (Å²) in [5.74, 6) is 0.881. The smallest absolute Gasteiger partial charge is 0.129 e. The Kier molecular flexibility index (Phi) is 4.49. The largest absolute Gasteiger partial charge is 0.467 e. The molecular formula is C9H15NO2. The topological polar surface area (TPSA) is 34.4 Å². The number of hydrogen-bond acceptors (Lipinski definition) is 3. The average Bonchev–Trinajstić information content (AvgIpc) is 2.57. The van der Waals surface area contributed by atoms with Crippen molar-refractivity contribution >= 4 is 0 Å². The fourth-order valence-corrected chi connectivity index (χ4v) is 0.889. The number of nitrogens with one attached hydrogen (secondary N) is 1. The van der Waals surface area contributed by atoms with Gasteiger partial charge in [0.1, 0.15) is 12.4 Å². The highest BCUT2D eigenvalue weighted by Crippen LogP contribution is 2.00. The zero-order chi connectivity index (χ0) is 8.65. The molecule has 0 saturated heterocycles. The number of ether oxygens (including phenoxy) is 1. The van der Waals surface area contributed by atoms with Gasteiger partial charge in [-0.25, -0.2) is 0 Å². The van der Waals surface area contributed by atoms with E-state index in [0.29, 0.717) is 6.61 Å². The third kappa shape index (κ3) is 3.55. The van der Waals surface area contributed by atoms with Gasteiger partial charge in [0, 0.05) is 6.54 Å². The van der Waals surface area contributed by atoms with E-state index in [9.17, 15) is 0 Å². The van der Waals surface area contributed by atoms with E-state index in [1.54, 1.807) is 6.26 Å². The predicted octanol–water partition coefficient (Wildman–Crippen LogP) is 1.41. The minimum Gasteiger partial charge on any atom is -0.467 e. The summed E-state index contributed by atoms with van der Waals surface area (Å²) in [6, 6.07) is 3.77. The Morgan fingerprint density at radius 2 is 2.50 bits per heavy atom. The SMILES string of the molecule is CCNCCOCc1ccco1. The number of hydrogen-bond donors (Lipinski definition) is 1. The second-order valence-electron chi connectivity index (χ2n) is 2.49. The number of likely N-dealkylation sites (N-methyl/N-ethyl adjacent to an activating group) is 1. The summed E-state index contributed by atoms with van der Waals surface area (Å²) in [4.78, 5) is 0. The molecule has 0 radical (unpaired) electrons. The van der Waals surface area contributed by atoms with Gasteiger partial charge in [-0.05, 0) is 18.7 Å². The van der Waals surface area contributed by atoms with E-state index in [0.717, 1.165) is 25.5 Å². The number of furan rings is 1. The van der Waals surface area contributed by atoms with Crippen molar-refractivity contribution in [3.05, 3.63) is 24.2 Å². The van der Waals surface area contributed by atoms with E-state index < -0.39 is 0 Å². The van der Waals surface area contributed by atoms with Crippen molar-refractivity contribution in [2.75, 3.05) is 19.7 Å². The quantitative estimate of drug-likeness (QED) is 0.654. The summed E-state index contributed by atoms with van der Waals surface area (Å²) in [6.45, 7) is 5.26. The van der Waals surface area contributed by atoms with E-state index in [4.69, 9.17) is 9.15 Å². The van der Waals surface area contributed by atoms with Crippen LogP contribution < -0.4 is 5.32 Å². The van der Waals surface area contributed by atoms with Crippen LogP contribution in [0, 0.1) is 0 Å². The molecule has 1 heterocycles. The lowest BCUT2D eigenvalue weighted by molar-refractivity contribution is 0.108. The van der Waals surface area contributed by atoms with Crippen LogP contribution in [-0.4, -0.2) is 19.7 Å². The lowest BCUT2D eigenvalue weighted by Gasteiger charge is -2.01. The molecular weight excluding hydrogens is 154 g/mol. The van der Waals surface area contributed by atoms with Gasteiger partial charge in [0.2, 0.25) is 0 Å². The molecule has 1 aromatic heterocycles. The maximum Gasteiger partial charge on any atom is 0.129 e. The molecule has 0 unspecified atom stereocenters. The van der Waals surface area contributed by atoms with Gasteiger partial charge in [0.05, 0.1) is 12.9 Å². The molecule has 0 saturated carbocycles. The summed E-state index contributed by atoms with van der Waals surface area (Å²) in [7, 11) is 0. The normalized spacial score (nSPS) is 10.4. The summed E-state index contributed by atoms with van der Waals surface area (Å²) < 4.78 is 10.4. The maximum atomic E-state index is 5.32. The van der Waals surface area contributed by atoms with Crippen molar-refractivity contribution in [1.82, 2.24) is 5.32 Å². The summed E-state index contributed by atoms with van der Waals surface area (Å²) in [5.41, 5.74) is 0. The van der Waals surface area contributed by atoms with Crippen LogP contribution in [0.5, 0.6) is 0 Å². The molecule has 0 aliphatic carbocycles. The molecule has 68 valence electrons. The van der Waals surface area contributed by atoms with Crippen molar-refractivity contribution in [2.24, 2.45) is 0 Å². The Morgan fingerprint density at radius 1 is 1.58 bits per heavy atom. The molecule has 0 bridgehead atoms. The predicted molar refractivity (Wildman–Crippen MR) is 46.9 cm³/mol. The lowest BCUT2D eigenvalue weighted by Crippen LogP contribution is -2.18. The Morgan fingerprint density at radius 3 is 3.17 bits per heavy atom. The van der Waals surface area contributed by atoms with Crippen LogP contribution in [-0.2, 0) is 11.3 Å². The minimum atomic E-state index is 0.568. The fourth-order valence-electron chi connectivity index (χ4n) is 0.889. The summed E-state index contributed by atoms with van der Waals surface area (Å²) in [5, 5.41) is 3.17. The van der Waals surface area contributed by atoms with Crippen molar-refractivity contribution in [3.63, 3.8) is 0 Å². The first-order chi connectivity index (χ1) is 5.93. The molecule has 0 amide bonds. The third-order valence-corrected chi connectivity index (χ3v) is 1.50. The van der Waals surface area contributed by atoms with Crippen molar-refractivity contribution in [3.8, 4) is 0 Å². The molecule has 0 fully saturated rings. The molecule has 0 aliphatic rings. The van der Waals surface area contributed by atoms with Gasteiger partial charge >= 0.3 is 0 Å². The molecule has 0 aliphatic heterocycles. The molecule has 0 spiro atoms. The van der Waals surface area contributed by atoms with Crippen molar-refractivity contribution < 1.29 is 9.15 Å². The van der Waals surface area contributed by atoms with Crippen LogP contribution in [0.3, 0.4) is 0 Å². The second kappa shape index (κ2) is 5.80. The molecule has 3 nitrogen and oxygen atoms in total. The highest BCUT2D eigenvalue weighted by molar-refractivity contribution is 4.95. The van der Waals surface area contributed by atoms with Gasteiger partial charge in [-0.2, -0.15) is 0 Å². The monoisotopic (exact) mass is 169 g/mol. The molecule has 3 heteroatoms. The zero-order valence-electron chi connectivity index (χ0n) is 7.38. The standard InChI is InChI=1S/C9H15NO2/c1-2-10-5-7-11-8-9-4-3-6-12-9/h3-4,6,10H,2,5,7-8H2,1H3. The van der Waals surface area contributed by atoms with Crippen LogP contribution in [0.15, 0.2) is 22.8 Å². The van der Waals surface area contributed by atoms with E-state index in [1.807, 2.05) is 12.1 Å². The second-order valence-corrected chi connectivity index (χ2v) is 2.49. The molecule has 1 N–H and O–H groups in total. The first-order valence-electron chi connectivity index (χ1n) is 4.24. The van der Waals surface area contributed by atoms with Gasteiger partial charge in [-0.1, -0.05) is 6.92 Å². The molecule has 0 aromatic carbocycles. The van der Waals surface area contributed by atoms with Gasteiger partial charge < -0.3 is 14.5 Å². The van der Waals surface area contributed by atoms with Crippen LogP contribution in [0.25, 0.3) is 0 Å². The van der Waals surface area contributed by atoms with Crippen LogP contribution in [0.4, 0.5) is 0 Å². The van der Waals surface area contributed by atoms with Gasteiger partial charge in [-0.3, -0.25) is 0 Å². The molecule has 0 atom stereocenters. The lowest BCUT2D eigenvalue weighted by atomic mass is 10.5. The van der Waals surface area contributed by atoms with E-state index in [1.165, 1.54) is 0 Å². The summed E-state index contributed by atoms with van der Waals surface area (Å²) >= 11 is 0. The Balaban J connectivity index is 1.96. The highest BCUT2D eigenvalue weighted by atomic mass is 16.5. The van der Waals surface area contributed by atoms with Gasteiger partial charge in [0.15, 0.2) is 0 Å².